The average molecular weight is 367 g/mol. The Balaban J connectivity index is 1.92. The molecule has 0 radical (unpaired) electrons. The van der Waals surface area contributed by atoms with Gasteiger partial charge in [0.1, 0.15) is 6.54 Å². The van der Waals surface area contributed by atoms with Crippen LogP contribution in [-0.2, 0) is 9.53 Å². The van der Waals surface area contributed by atoms with Crippen LogP contribution < -0.4 is 10.6 Å². The number of benzene rings is 1. The Hall–Kier alpha value is -1.79. The lowest BCUT2D eigenvalue weighted by Crippen LogP contribution is -2.40. The molecule has 0 aliphatic carbocycles. The molecule has 1 atom stereocenters. The van der Waals surface area contributed by atoms with E-state index in [2.05, 4.69) is 15.6 Å². The third-order valence-electron chi connectivity index (χ3n) is 4.14. The van der Waals surface area contributed by atoms with Crippen molar-refractivity contribution in [1.29, 1.82) is 0 Å². The van der Waals surface area contributed by atoms with Crippen LogP contribution in [0.1, 0.15) is 31.4 Å². The van der Waals surface area contributed by atoms with Gasteiger partial charge in [-0.15, -0.1) is 0 Å². The Morgan fingerprint density at radius 1 is 1.36 bits per heavy atom. The predicted molar refractivity (Wildman–Crippen MR) is 101 cm³/mol. The summed E-state index contributed by atoms with van der Waals surface area (Å²) in [6.45, 7) is 5.09. The molecular weight excluding hydrogens is 340 g/mol. The molecule has 1 aromatic carbocycles. The molecular formula is C18H27ClN4O2. The highest BCUT2D eigenvalue weighted by atomic mass is 35.5. The van der Waals surface area contributed by atoms with Crippen LogP contribution in [0.5, 0.6) is 0 Å². The fourth-order valence-corrected chi connectivity index (χ4v) is 2.99. The molecule has 1 aliphatic rings. The molecule has 1 amide bonds. The lowest BCUT2D eigenvalue weighted by molar-refractivity contribution is -0.128. The van der Waals surface area contributed by atoms with Crippen LogP contribution in [0.2, 0.25) is 5.02 Å². The molecule has 0 spiro atoms. The van der Waals surface area contributed by atoms with E-state index in [1.165, 1.54) is 0 Å². The topological polar surface area (TPSA) is 66.0 Å². The number of ether oxygens (including phenoxy) is 1. The smallest absolute Gasteiger partial charge is 0.244 e. The lowest BCUT2D eigenvalue weighted by atomic mass is 10.1. The third-order valence-corrected chi connectivity index (χ3v) is 4.37. The SMILES string of the molecule is CCNC(=NCC(=O)N1CCCC1)NCC(OC)c1cccc(Cl)c1. The number of hydrogen-bond acceptors (Lipinski definition) is 3. The van der Waals surface area contributed by atoms with Gasteiger partial charge >= 0.3 is 0 Å². The number of hydrogen-bond donors (Lipinski definition) is 2. The van der Waals surface area contributed by atoms with Gasteiger partial charge in [0.25, 0.3) is 0 Å². The van der Waals surface area contributed by atoms with Gasteiger partial charge in [0, 0.05) is 38.3 Å². The van der Waals surface area contributed by atoms with E-state index in [1.807, 2.05) is 36.1 Å². The number of halogens is 1. The molecule has 1 saturated heterocycles. The first-order valence-electron chi connectivity index (χ1n) is 8.72. The number of aliphatic imine (C=N–C) groups is 1. The maximum atomic E-state index is 12.1. The summed E-state index contributed by atoms with van der Waals surface area (Å²) in [5.41, 5.74) is 0.992. The Kier molecular flexibility index (Phi) is 8.01. The van der Waals surface area contributed by atoms with Crippen LogP contribution >= 0.6 is 11.6 Å². The number of rotatable bonds is 7. The first kappa shape index (κ1) is 19.5. The molecule has 6 nitrogen and oxygen atoms in total. The molecule has 25 heavy (non-hydrogen) atoms. The van der Waals surface area contributed by atoms with Crippen molar-refractivity contribution in [3.63, 3.8) is 0 Å². The number of carbonyl (C=O) groups excluding carboxylic acids is 1. The number of guanidine groups is 1. The van der Waals surface area contributed by atoms with E-state index in [-0.39, 0.29) is 18.6 Å². The second-order valence-electron chi connectivity index (χ2n) is 5.94. The second kappa shape index (κ2) is 10.3. The summed E-state index contributed by atoms with van der Waals surface area (Å²) in [4.78, 5) is 18.4. The van der Waals surface area contributed by atoms with E-state index in [0.29, 0.717) is 17.5 Å². The molecule has 1 unspecified atom stereocenters. The van der Waals surface area contributed by atoms with E-state index < -0.39 is 0 Å². The molecule has 1 fully saturated rings. The quantitative estimate of drug-likeness (QED) is 0.573. The van der Waals surface area contributed by atoms with E-state index >= 15 is 0 Å². The normalized spacial score (nSPS) is 16.0. The summed E-state index contributed by atoms with van der Waals surface area (Å²) in [5, 5.41) is 7.07. The van der Waals surface area contributed by atoms with Crippen molar-refractivity contribution in [2.45, 2.75) is 25.9 Å². The van der Waals surface area contributed by atoms with E-state index in [1.54, 1.807) is 7.11 Å². The summed E-state index contributed by atoms with van der Waals surface area (Å²) in [5.74, 6) is 0.687. The molecule has 7 heteroatoms. The average Bonchev–Trinajstić information content (AvgIpc) is 3.14. The van der Waals surface area contributed by atoms with Crippen molar-refractivity contribution in [1.82, 2.24) is 15.5 Å². The van der Waals surface area contributed by atoms with Crippen molar-refractivity contribution < 1.29 is 9.53 Å². The van der Waals surface area contributed by atoms with E-state index in [4.69, 9.17) is 16.3 Å². The van der Waals surface area contributed by atoms with Gasteiger partial charge in [-0.05, 0) is 37.5 Å². The van der Waals surface area contributed by atoms with Crippen LogP contribution in [0.15, 0.2) is 29.3 Å². The standard InChI is InChI=1S/C18H27ClN4O2/c1-3-20-18(22-13-17(24)23-9-4-5-10-23)21-12-16(25-2)14-7-6-8-15(19)11-14/h6-8,11,16H,3-5,9-10,12-13H2,1-2H3,(H2,20,21,22). The number of likely N-dealkylation sites (tertiary alicyclic amines) is 1. The Morgan fingerprint density at radius 3 is 2.76 bits per heavy atom. The summed E-state index contributed by atoms with van der Waals surface area (Å²) in [7, 11) is 1.66. The van der Waals surface area contributed by atoms with Gasteiger partial charge < -0.3 is 20.3 Å². The molecule has 2 N–H and O–H groups in total. The molecule has 1 aliphatic heterocycles. The number of nitrogens with one attached hydrogen (secondary N) is 2. The minimum atomic E-state index is -0.156. The monoisotopic (exact) mass is 366 g/mol. The van der Waals surface area contributed by atoms with Crippen LogP contribution in [-0.4, -0.2) is 56.6 Å². The lowest BCUT2D eigenvalue weighted by Gasteiger charge is -2.19. The highest BCUT2D eigenvalue weighted by Gasteiger charge is 2.17. The minimum Gasteiger partial charge on any atom is -0.375 e. The zero-order chi connectivity index (χ0) is 18.1. The van der Waals surface area contributed by atoms with Crippen molar-refractivity contribution >= 4 is 23.5 Å². The summed E-state index contributed by atoms with van der Waals surface area (Å²) in [6.07, 6.45) is 2.02. The Bertz CT molecular complexity index is 588. The summed E-state index contributed by atoms with van der Waals surface area (Å²) in [6, 6.07) is 7.60. The van der Waals surface area contributed by atoms with Crippen LogP contribution in [0.25, 0.3) is 0 Å². The largest absolute Gasteiger partial charge is 0.375 e. The van der Waals surface area contributed by atoms with Gasteiger partial charge in [0.2, 0.25) is 5.91 Å². The maximum Gasteiger partial charge on any atom is 0.244 e. The molecule has 0 aromatic heterocycles. The van der Waals surface area contributed by atoms with Crippen LogP contribution in [0.3, 0.4) is 0 Å². The van der Waals surface area contributed by atoms with Crippen molar-refractivity contribution in [2.75, 3.05) is 39.8 Å². The fourth-order valence-electron chi connectivity index (χ4n) is 2.79. The number of nitrogens with zero attached hydrogens (tertiary/aromatic N) is 2. The van der Waals surface area contributed by atoms with Crippen molar-refractivity contribution in [3.05, 3.63) is 34.9 Å². The first-order chi connectivity index (χ1) is 12.1. The van der Waals surface area contributed by atoms with Crippen LogP contribution in [0.4, 0.5) is 0 Å². The molecule has 0 bridgehead atoms. The highest BCUT2D eigenvalue weighted by Crippen LogP contribution is 2.19. The molecule has 1 heterocycles. The highest BCUT2D eigenvalue weighted by molar-refractivity contribution is 6.30. The number of carbonyl (C=O) groups is 1. The second-order valence-corrected chi connectivity index (χ2v) is 6.38. The van der Waals surface area contributed by atoms with Crippen molar-refractivity contribution in [2.24, 2.45) is 4.99 Å². The number of amides is 1. The van der Waals surface area contributed by atoms with Gasteiger partial charge in [-0.3, -0.25) is 4.79 Å². The number of methoxy groups -OCH3 is 1. The zero-order valence-electron chi connectivity index (χ0n) is 14.9. The zero-order valence-corrected chi connectivity index (χ0v) is 15.7. The summed E-state index contributed by atoms with van der Waals surface area (Å²) >= 11 is 6.05. The fraction of sp³-hybridized carbons (Fsp3) is 0.556. The summed E-state index contributed by atoms with van der Waals surface area (Å²) < 4.78 is 5.55. The van der Waals surface area contributed by atoms with Crippen LogP contribution in [0, 0.1) is 0 Å². The van der Waals surface area contributed by atoms with E-state index in [9.17, 15) is 4.79 Å². The minimum absolute atomic E-state index is 0.0767. The molecule has 138 valence electrons. The Morgan fingerprint density at radius 2 is 2.12 bits per heavy atom. The van der Waals surface area contributed by atoms with Crippen molar-refractivity contribution in [3.8, 4) is 0 Å². The predicted octanol–water partition coefficient (Wildman–Crippen LogP) is 2.21. The first-order valence-corrected chi connectivity index (χ1v) is 9.10. The van der Waals surface area contributed by atoms with Gasteiger partial charge in [0.05, 0.1) is 6.10 Å². The van der Waals surface area contributed by atoms with E-state index in [0.717, 1.165) is 38.0 Å². The van der Waals surface area contributed by atoms with Gasteiger partial charge in [0.15, 0.2) is 5.96 Å². The third kappa shape index (κ3) is 6.21. The molecule has 1 aromatic rings. The molecule has 2 rings (SSSR count). The van der Waals surface area contributed by atoms with Gasteiger partial charge in [-0.2, -0.15) is 0 Å². The van der Waals surface area contributed by atoms with Gasteiger partial charge in [-0.1, -0.05) is 23.7 Å². The molecule has 0 saturated carbocycles. The maximum absolute atomic E-state index is 12.1. The Labute approximate surface area is 154 Å². The van der Waals surface area contributed by atoms with Gasteiger partial charge in [-0.25, -0.2) is 4.99 Å².